The van der Waals surface area contributed by atoms with Gasteiger partial charge in [-0.1, -0.05) is 6.92 Å². The molecule has 1 fully saturated rings. The summed E-state index contributed by atoms with van der Waals surface area (Å²) in [6.45, 7) is 6.09. The molecule has 0 atom stereocenters. The highest BCUT2D eigenvalue weighted by Gasteiger charge is 2.15. The number of aliphatic carboxylic acids is 1. The van der Waals surface area contributed by atoms with Crippen molar-refractivity contribution in [2.24, 2.45) is 5.92 Å². The van der Waals surface area contributed by atoms with E-state index in [4.69, 9.17) is 5.11 Å². The lowest BCUT2D eigenvalue weighted by Gasteiger charge is -2.30. The standard InChI is InChI=1S/C13H24N2O3/c1-11-5-8-15(9-6-11)10-7-14-12(16)3-2-4-13(17)18/h11H,2-10H2,1H3,(H,14,16)(H,17,18). The van der Waals surface area contributed by atoms with Crippen LogP contribution < -0.4 is 5.32 Å². The summed E-state index contributed by atoms with van der Waals surface area (Å²) in [6, 6.07) is 0. The normalized spacial score (nSPS) is 17.6. The van der Waals surface area contributed by atoms with E-state index in [0.717, 1.165) is 25.6 Å². The lowest BCUT2D eigenvalue weighted by atomic mass is 9.99. The Hall–Kier alpha value is -1.10. The van der Waals surface area contributed by atoms with E-state index in [9.17, 15) is 9.59 Å². The third-order valence-electron chi connectivity index (χ3n) is 3.42. The number of carboxylic acid groups (broad SMARTS) is 1. The van der Waals surface area contributed by atoms with Crippen LogP contribution in [0.3, 0.4) is 0 Å². The second kappa shape index (κ2) is 8.08. The van der Waals surface area contributed by atoms with E-state index in [0.29, 0.717) is 19.4 Å². The second-order valence-electron chi connectivity index (χ2n) is 5.12. The van der Waals surface area contributed by atoms with Gasteiger partial charge in [-0.15, -0.1) is 0 Å². The number of likely N-dealkylation sites (tertiary alicyclic amines) is 1. The summed E-state index contributed by atoms with van der Waals surface area (Å²) in [4.78, 5) is 24.1. The molecule has 1 saturated heterocycles. The zero-order chi connectivity index (χ0) is 13.4. The summed E-state index contributed by atoms with van der Waals surface area (Å²) in [7, 11) is 0. The molecule has 0 spiro atoms. The van der Waals surface area contributed by atoms with Crippen LogP contribution in [0.2, 0.25) is 0 Å². The van der Waals surface area contributed by atoms with Gasteiger partial charge in [-0.2, -0.15) is 0 Å². The van der Waals surface area contributed by atoms with Crippen molar-refractivity contribution in [1.29, 1.82) is 0 Å². The van der Waals surface area contributed by atoms with Crippen molar-refractivity contribution < 1.29 is 14.7 Å². The maximum atomic E-state index is 11.4. The second-order valence-corrected chi connectivity index (χ2v) is 5.12. The van der Waals surface area contributed by atoms with Crippen LogP contribution in [-0.2, 0) is 9.59 Å². The van der Waals surface area contributed by atoms with E-state index in [1.54, 1.807) is 0 Å². The molecule has 1 aliphatic rings. The molecule has 0 aromatic rings. The molecule has 0 aromatic carbocycles. The van der Waals surface area contributed by atoms with E-state index >= 15 is 0 Å². The molecule has 0 aromatic heterocycles. The lowest BCUT2D eigenvalue weighted by molar-refractivity contribution is -0.137. The van der Waals surface area contributed by atoms with Crippen LogP contribution in [0.1, 0.15) is 39.0 Å². The maximum absolute atomic E-state index is 11.4. The first-order valence-corrected chi connectivity index (χ1v) is 6.79. The molecule has 1 heterocycles. The maximum Gasteiger partial charge on any atom is 0.303 e. The molecule has 0 unspecified atom stereocenters. The summed E-state index contributed by atoms with van der Waals surface area (Å²) in [6.07, 6.45) is 3.28. The van der Waals surface area contributed by atoms with Crippen molar-refractivity contribution in [3.63, 3.8) is 0 Å². The SMILES string of the molecule is CC1CCN(CCNC(=O)CCCC(=O)O)CC1. The molecule has 5 nitrogen and oxygen atoms in total. The smallest absolute Gasteiger partial charge is 0.303 e. The van der Waals surface area contributed by atoms with Crippen LogP contribution in [0.25, 0.3) is 0 Å². The molecule has 1 aliphatic heterocycles. The zero-order valence-electron chi connectivity index (χ0n) is 11.2. The topological polar surface area (TPSA) is 69.6 Å². The highest BCUT2D eigenvalue weighted by Crippen LogP contribution is 2.14. The first-order valence-electron chi connectivity index (χ1n) is 6.79. The number of carbonyl (C=O) groups excluding carboxylic acids is 1. The van der Waals surface area contributed by atoms with E-state index < -0.39 is 5.97 Å². The number of carbonyl (C=O) groups is 2. The highest BCUT2D eigenvalue weighted by atomic mass is 16.4. The van der Waals surface area contributed by atoms with Gasteiger partial charge in [0, 0.05) is 25.9 Å². The van der Waals surface area contributed by atoms with Gasteiger partial charge in [-0.3, -0.25) is 9.59 Å². The van der Waals surface area contributed by atoms with Crippen LogP contribution in [-0.4, -0.2) is 48.1 Å². The number of rotatable bonds is 7. The molecule has 2 N–H and O–H groups in total. The fraction of sp³-hybridized carbons (Fsp3) is 0.846. The largest absolute Gasteiger partial charge is 0.481 e. The Morgan fingerprint density at radius 3 is 2.56 bits per heavy atom. The minimum absolute atomic E-state index is 0.0402. The molecule has 0 saturated carbocycles. The summed E-state index contributed by atoms with van der Waals surface area (Å²) < 4.78 is 0. The van der Waals surface area contributed by atoms with Gasteiger partial charge in [-0.25, -0.2) is 0 Å². The van der Waals surface area contributed by atoms with Crippen LogP contribution in [0.4, 0.5) is 0 Å². The van der Waals surface area contributed by atoms with Gasteiger partial charge in [0.2, 0.25) is 5.91 Å². The van der Waals surface area contributed by atoms with E-state index in [-0.39, 0.29) is 12.3 Å². The Balaban J connectivity index is 2.00. The van der Waals surface area contributed by atoms with Gasteiger partial charge < -0.3 is 15.3 Å². The Morgan fingerprint density at radius 2 is 1.94 bits per heavy atom. The van der Waals surface area contributed by atoms with Gasteiger partial charge in [0.15, 0.2) is 0 Å². The Labute approximate surface area is 109 Å². The molecule has 18 heavy (non-hydrogen) atoms. The van der Waals surface area contributed by atoms with Gasteiger partial charge in [0.1, 0.15) is 0 Å². The van der Waals surface area contributed by atoms with Crippen molar-refractivity contribution >= 4 is 11.9 Å². The molecule has 104 valence electrons. The van der Waals surface area contributed by atoms with E-state index in [1.807, 2.05) is 0 Å². The average Bonchev–Trinajstić information content (AvgIpc) is 2.31. The molecular weight excluding hydrogens is 232 g/mol. The number of piperidine rings is 1. The molecule has 1 amide bonds. The quantitative estimate of drug-likeness (QED) is 0.715. The lowest BCUT2D eigenvalue weighted by Crippen LogP contribution is -2.39. The fourth-order valence-corrected chi connectivity index (χ4v) is 2.13. The first kappa shape index (κ1) is 15.0. The average molecular weight is 256 g/mol. The van der Waals surface area contributed by atoms with Gasteiger partial charge >= 0.3 is 5.97 Å². The van der Waals surface area contributed by atoms with Gasteiger partial charge in [0.25, 0.3) is 0 Å². The highest BCUT2D eigenvalue weighted by molar-refractivity contribution is 5.76. The Morgan fingerprint density at radius 1 is 1.28 bits per heavy atom. The summed E-state index contributed by atoms with van der Waals surface area (Å²) in [5, 5.41) is 11.3. The number of nitrogens with zero attached hydrogens (tertiary/aromatic N) is 1. The Bertz CT molecular complexity index is 273. The van der Waals surface area contributed by atoms with Gasteiger partial charge in [0.05, 0.1) is 0 Å². The van der Waals surface area contributed by atoms with Gasteiger partial charge in [-0.05, 0) is 38.3 Å². The summed E-state index contributed by atoms with van der Waals surface area (Å²) in [5.41, 5.74) is 0. The minimum Gasteiger partial charge on any atom is -0.481 e. The predicted octanol–water partition coefficient (Wildman–Crippen LogP) is 1.09. The molecular formula is C13H24N2O3. The van der Waals surface area contributed by atoms with Crippen molar-refractivity contribution in [3.8, 4) is 0 Å². The van der Waals surface area contributed by atoms with Crippen LogP contribution in [0, 0.1) is 5.92 Å². The van der Waals surface area contributed by atoms with Crippen molar-refractivity contribution in [2.45, 2.75) is 39.0 Å². The monoisotopic (exact) mass is 256 g/mol. The number of carboxylic acids is 1. The molecule has 0 aliphatic carbocycles. The van der Waals surface area contributed by atoms with Crippen molar-refractivity contribution in [1.82, 2.24) is 10.2 Å². The number of hydrogen-bond donors (Lipinski definition) is 2. The molecule has 0 bridgehead atoms. The number of amides is 1. The Kier molecular flexibility index (Phi) is 6.72. The molecule has 1 rings (SSSR count). The first-order chi connectivity index (χ1) is 8.58. The van der Waals surface area contributed by atoms with Crippen molar-refractivity contribution in [2.75, 3.05) is 26.2 Å². The van der Waals surface area contributed by atoms with Crippen LogP contribution >= 0.6 is 0 Å². The zero-order valence-corrected chi connectivity index (χ0v) is 11.2. The summed E-state index contributed by atoms with van der Waals surface area (Å²) in [5.74, 6) is -0.0567. The minimum atomic E-state index is -0.842. The van der Waals surface area contributed by atoms with Crippen LogP contribution in [0.15, 0.2) is 0 Å². The molecule has 0 radical (unpaired) electrons. The molecule has 5 heteroatoms. The van der Waals surface area contributed by atoms with Crippen molar-refractivity contribution in [3.05, 3.63) is 0 Å². The predicted molar refractivity (Wildman–Crippen MR) is 69.3 cm³/mol. The fourth-order valence-electron chi connectivity index (χ4n) is 2.13. The number of hydrogen-bond acceptors (Lipinski definition) is 3. The third kappa shape index (κ3) is 6.59. The summed E-state index contributed by atoms with van der Waals surface area (Å²) >= 11 is 0. The van der Waals surface area contributed by atoms with E-state index in [2.05, 4.69) is 17.1 Å². The van der Waals surface area contributed by atoms with E-state index in [1.165, 1.54) is 12.8 Å². The third-order valence-corrected chi connectivity index (χ3v) is 3.42. The number of nitrogens with one attached hydrogen (secondary N) is 1. The van der Waals surface area contributed by atoms with Crippen LogP contribution in [0.5, 0.6) is 0 Å².